The molecule has 0 saturated carbocycles. The normalized spacial score (nSPS) is 43.9. The zero-order chi connectivity index (χ0) is 22.0. The summed E-state index contributed by atoms with van der Waals surface area (Å²) in [6.07, 6.45) is 0.271. The van der Waals surface area contributed by atoms with Crippen molar-refractivity contribution in [3.63, 3.8) is 0 Å². The molecule has 5 N–H and O–H groups in total. The second-order valence-corrected chi connectivity index (χ2v) is 10.0. The van der Waals surface area contributed by atoms with Gasteiger partial charge in [-0.25, -0.2) is 0 Å². The van der Waals surface area contributed by atoms with Gasteiger partial charge in [-0.3, -0.25) is 4.79 Å². The number of alkyl halides is 1. The molecule has 172 valence electrons. The van der Waals surface area contributed by atoms with E-state index in [2.05, 4.69) is 17.2 Å². The molecule has 11 atom stereocenters. The molecule has 0 bridgehead atoms. The molecule has 3 heterocycles. The first-order valence-electron chi connectivity index (χ1n) is 10.4. The molecule has 30 heavy (non-hydrogen) atoms. The largest absolute Gasteiger partial charge is 0.388 e. The Morgan fingerprint density at radius 3 is 2.70 bits per heavy atom. The van der Waals surface area contributed by atoms with E-state index < -0.39 is 47.3 Å². The fraction of sp³-hybridized carbons (Fsp3) is 0.850. The SMILES string of the molecule is C=C[C@@H]1CCO[C@@H]2[C@H](CN[C@@H]2C(=O)N[C@@H](C2OC(SC)C(O)C(O)C2O)[C@H](C)Cl)C1. The van der Waals surface area contributed by atoms with Gasteiger partial charge in [-0.1, -0.05) is 6.08 Å². The van der Waals surface area contributed by atoms with Crippen molar-refractivity contribution in [3.05, 3.63) is 12.7 Å². The molecule has 5 unspecified atom stereocenters. The number of thioether (sulfide) groups is 1. The van der Waals surface area contributed by atoms with Gasteiger partial charge < -0.3 is 35.4 Å². The van der Waals surface area contributed by atoms with E-state index in [9.17, 15) is 20.1 Å². The number of halogens is 1. The van der Waals surface area contributed by atoms with Crippen LogP contribution in [-0.2, 0) is 14.3 Å². The molecule has 0 aliphatic carbocycles. The van der Waals surface area contributed by atoms with Crippen LogP contribution in [0.3, 0.4) is 0 Å². The van der Waals surface area contributed by atoms with Gasteiger partial charge in [-0.05, 0) is 31.9 Å². The smallest absolute Gasteiger partial charge is 0.240 e. The maximum atomic E-state index is 13.1. The lowest BCUT2D eigenvalue weighted by molar-refractivity contribution is -0.205. The number of aliphatic hydroxyl groups is 3. The van der Waals surface area contributed by atoms with Crippen molar-refractivity contribution in [2.75, 3.05) is 19.4 Å². The summed E-state index contributed by atoms with van der Waals surface area (Å²) in [5.74, 6) is 0.308. The van der Waals surface area contributed by atoms with Crippen molar-refractivity contribution in [1.82, 2.24) is 10.6 Å². The van der Waals surface area contributed by atoms with Crippen molar-refractivity contribution < 1.29 is 29.6 Å². The topological polar surface area (TPSA) is 120 Å². The van der Waals surface area contributed by atoms with Crippen LogP contribution in [0.1, 0.15) is 19.8 Å². The van der Waals surface area contributed by atoms with Crippen LogP contribution in [0.5, 0.6) is 0 Å². The Bertz CT molecular complexity index is 612. The third-order valence-corrected chi connectivity index (χ3v) is 7.54. The zero-order valence-corrected chi connectivity index (χ0v) is 18.9. The summed E-state index contributed by atoms with van der Waals surface area (Å²) >= 11 is 7.57. The number of fused-ring (bicyclic) bond motifs is 1. The summed E-state index contributed by atoms with van der Waals surface area (Å²) in [5.41, 5.74) is -0.738. The molecule has 0 spiro atoms. The van der Waals surface area contributed by atoms with E-state index in [1.807, 2.05) is 6.08 Å². The van der Waals surface area contributed by atoms with Gasteiger partial charge in [-0.2, -0.15) is 0 Å². The molecule has 3 rings (SSSR count). The van der Waals surface area contributed by atoms with Crippen LogP contribution in [0.4, 0.5) is 0 Å². The Hall–Kier alpha value is -0.390. The Morgan fingerprint density at radius 1 is 1.33 bits per heavy atom. The molecular formula is C20H33ClN2O6S. The number of ether oxygens (including phenoxy) is 2. The number of nitrogens with one attached hydrogen (secondary N) is 2. The minimum atomic E-state index is -1.40. The van der Waals surface area contributed by atoms with Gasteiger partial charge in [0.1, 0.15) is 35.9 Å². The zero-order valence-electron chi connectivity index (χ0n) is 17.3. The quantitative estimate of drug-likeness (QED) is 0.271. The van der Waals surface area contributed by atoms with Crippen molar-refractivity contribution in [2.45, 2.75) is 73.2 Å². The third kappa shape index (κ3) is 4.99. The number of carbonyl (C=O) groups is 1. The van der Waals surface area contributed by atoms with E-state index in [4.69, 9.17) is 21.1 Å². The van der Waals surface area contributed by atoms with Crippen molar-refractivity contribution in [1.29, 1.82) is 0 Å². The van der Waals surface area contributed by atoms with Gasteiger partial charge in [0.25, 0.3) is 0 Å². The fourth-order valence-corrected chi connectivity index (χ4v) is 5.51. The molecule has 0 aromatic rings. The molecule has 1 amide bonds. The number of hydrogen-bond acceptors (Lipinski definition) is 8. The summed E-state index contributed by atoms with van der Waals surface area (Å²) < 4.78 is 11.8. The fourth-order valence-electron chi connectivity index (χ4n) is 4.63. The van der Waals surface area contributed by atoms with Gasteiger partial charge in [0, 0.05) is 19.1 Å². The number of aliphatic hydroxyl groups excluding tert-OH is 3. The van der Waals surface area contributed by atoms with Crippen molar-refractivity contribution >= 4 is 29.3 Å². The first-order chi connectivity index (χ1) is 14.3. The maximum absolute atomic E-state index is 13.1. The summed E-state index contributed by atoms with van der Waals surface area (Å²) in [4.78, 5) is 13.1. The second-order valence-electron chi connectivity index (χ2n) is 8.39. The highest BCUT2D eigenvalue weighted by atomic mass is 35.5. The number of carbonyl (C=O) groups excluding carboxylic acids is 1. The van der Waals surface area contributed by atoms with Crippen LogP contribution in [-0.4, -0.2) is 94.1 Å². The predicted octanol–water partition coefficient (Wildman–Crippen LogP) is -0.162. The highest BCUT2D eigenvalue weighted by molar-refractivity contribution is 7.99. The molecule has 3 aliphatic heterocycles. The van der Waals surface area contributed by atoms with E-state index in [-0.39, 0.29) is 17.9 Å². The lowest BCUT2D eigenvalue weighted by Gasteiger charge is -2.44. The standard InChI is InChI=1S/C20H33ClN2O6S/c1-4-10-5-6-28-17-11(7-10)8-22-13(17)19(27)23-12(9(2)21)18-15(25)14(24)16(26)20(29-18)30-3/h4,9-18,20,22,24-26H,1,5-8H2,2-3H3,(H,23,27)/t9-,10+,11-,12+,13-,14?,15?,16?,17+,18?,20?/m0/s1. The summed E-state index contributed by atoms with van der Waals surface area (Å²) in [6.45, 7) is 6.83. The van der Waals surface area contributed by atoms with E-state index in [1.54, 1.807) is 13.2 Å². The van der Waals surface area contributed by atoms with Crippen LogP contribution >= 0.6 is 23.4 Å². The average Bonchev–Trinajstić information content (AvgIpc) is 3.00. The number of hydrogen-bond donors (Lipinski definition) is 5. The van der Waals surface area contributed by atoms with E-state index in [1.165, 1.54) is 11.8 Å². The second kappa shape index (κ2) is 10.5. The first kappa shape index (κ1) is 24.3. The lowest BCUT2D eigenvalue weighted by atomic mass is 9.89. The van der Waals surface area contributed by atoms with Crippen LogP contribution in [0.2, 0.25) is 0 Å². The summed E-state index contributed by atoms with van der Waals surface area (Å²) in [6, 6.07) is -1.30. The molecule has 3 fully saturated rings. The van der Waals surface area contributed by atoms with E-state index in [0.29, 0.717) is 19.1 Å². The Morgan fingerprint density at radius 2 is 2.07 bits per heavy atom. The lowest BCUT2D eigenvalue weighted by Crippen LogP contribution is -2.65. The van der Waals surface area contributed by atoms with Gasteiger partial charge in [0.2, 0.25) is 5.91 Å². The maximum Gasteiger partial charge on any atom is 0.240 e. The Labute approximate surface area is 186 Å². The van der Waals surface area contributed by atoms with E-state index in [0.717, 1.165) is 12.8 Å². The van der Waals surface area contributed by atoms with Crippen LogP contribution in [0.15, 0.2) is 12.7 Å². The monoisotopic (exact) mass is 464 g/mol. The van der Waals surface area contributed by atoms with Crippen LogP contribution in [0, 0.1) is 11.8 Å². The van der Waals surface area contributed by atoms with Gasteiger partial charge >= 0.3 is 0 Å². The van der Waals surface area contributed by atoms with Crippen LogP contribution < -0.4 is 10.6 Å². The highest BCUT2D eigenvalue weighted by Gasteiger charge is 2.49. The van der Waals surface area contributed by atoms with Gasteiger partial charge in [0.05, 0.1) is 17.5 Å². The van der Waals surface area contributed by atoms with Crippen molar-refractivity contribution in [2.24, 2.45) is 11.8 Å². The summed E-state index contributed by atoms with van der Waals surface area (Å²) in [5, 5.41) is 36.4. The first-order valence-corrected chi connectivity index (χ1v) is 12.1. The molecule has 10 heteroatoms. The number of rotatable bonds is 6. The highest BCUT2D eigenvalue weighted by Crippen LogP contribution is 2.32. The number of amides is 1. The molecule has 3 saturated heterocycles. The minimum absolute atomic E-state index is 0.215. The van der Waals surface area contributed by atoms with Crippen LogP contribution in [0.25, 0.3) is 0 Å². The van der Waals surface area contributed by atoms with Gasteiger partial charge in [0.15, 0.2) is 0 Å². The molecule has 0 aromatic heterocycles. The van der Waals surface area contributed by atoms with Crippen molar-refractivity contribution in [3.8, 4) is 0 Å². The molecule has 8 nitrogen and oxygen atoms in total. The minimum Gasteiger partial charge on any atom is -0.388 e. The van der Waals surface area contributed by atoms with E-state index >= 15 is 0 Å². The third-order valence-electron chi connectivity index (χ3n) is 6.41. The average molecular weight is 465 g/mol. The Kier molecular flexibility index (Phi) is 8.48. The van der Waals surface area contributed by atoms with Gasteiger partial charge in [-0.15, -0.1) is 29.9 Å². The molecule has 0 aromatic carbocycles. The Balaban J connectivity index is 1.71. The molecular weight excluding hydrogens is 432 g/mol. The number of allylic oxidation sites excluding steroid dienone is 1. The molecule has 3 aliphatic rings. The molecule has 0 radical (unpaired) electrons. The summed E-state index contributed by atoms with van der Waals surface area (Å²) in [7, 11) is 0. The predicted molar refractivity (Wildman–Crippen MR) is 115 cm³/mol.